The molecule has 0 spiro atoms. The minimum Gasteiger partial charge on any atom is -0.472 e. The number of furan rings is 1. The molecule has 0 aliphatic heterocycles. The molecule has 2 aromatic carbocycles. The van der Waals surface area contributed by atoms with Gasteiger partial charge in [0.25, 0.3) is 0 Å². The van der Waals surface area contributed by atoms with E-state index in [-0.39, 0.29) is 5.83 Å². The molecule has 1 heterocycles. The van der Waals surface area contributed by atoms with Crippen LogP contribution in [0.4, 0.5) is 4.39 Å². The van der Waals surface area contributed by atoms with Gasteiger partial charge in [0.05, 0.1) is 18.4 Å². The normalized spacial score (nSPS) is 13.1. The largest absolute Gasteiger partial charge is 0.472 e. The first-order valence-corrected chi connectivity index (χ1v) is 7.80. The quantitative estimate of drug-likeness (QED) is 0.510. The molecular formula is C19H13Cl2FO. The maximum Gasteiger partial charge on any atom is 0.113 e. The van der Waals surface area contributed by atoms with Gasteiger partial charge in [0.2, 0.25) is 0 Å². The second-order valence-electron chi connectivity index (χ2n) is 5.10. The summed E-state index contributed by atoms with van der Waals surface area (Å²) in [6.07, 6.45) is 4.52. The van der Waals surface area contributed by atoms with Crippen LogP contribution in [0.2, 0.25) is 10.0 Å². The molecule has 0 saturated carbocycles. The van der Waals surface area contributed by atoms with Gasteiger partial charge in [-0.3, -0.25) is 0 Å². The molecule has 116 valence electrons. The van der Waals surface area contributed by atoms with Gasteiger partial charge < -0.3 is 4.42 Å². The van der Waals surface area contributed by atoms with Crippen LogP contribution in [-0.4, -0.2) is 0 Å². The standard InChI is InChI=1S/C19H13Cl2FO/c20-16-7-6-14(17(21)11-16)10-18(22)19(15-8-9-23-12-15)13-4-2-1-3-5-13/h1-12,19H/b18-10-. The Balaban J connectivity index is 2.04. The van der Waals surface area contributed by atoms with Crippen molar-refractivity contribution in [2.75, 3.05) is 0 Å². The molecular weight excluding hydrogens is 334 g/mol. The summed E-state index contributed by atoms with van der Waals surface area (Å²) in [6, 6.07) is 16.2. The van der Waals surface area contributed by atoms with Crippen LogP contribution in [0.15, 0.2) is 77.4 Å². The second-order valence-corrected chi connectivity index (χ2v) is 5.94. The van der Waals surface area contributed by atoms with Gasteiger partial charge in [-0.15, -0.1) is 0 Å². The van der Waals surface area contributed by atoms with Crippen molar-refractivity contribution in [1.82, 2.24) is 0 Å². The van der Waals surface area contributed by atoms with Crippen LogP contribution in [0.3, 0.4) is 0 Å². The zero-order chi connectivity index (χ0) is 16.2. The fraction of sp³-hybridized carbons (Fsp3) is 0.0526. The highest BCUT2D eigenvalue weighted by Crippen LogP contribution is 2.35. The van der Waals surface area contributed by atoms with Gasteiger partial charge in [-0.2, -0.15) is 0 Å². The van der Waals surface area contributed by atoms with Gasteiger partial charge in [0, 0.05) is 15.6 Å². The van der Waals surface area contributed by atoms with Crippen LogP contribution in [0.25, 0.3) is 6.08 Å². The van der Waals surface area contributed by atoms with Crippen molar-refractivity contribution in [2.24, 2.45) is 0 Å². The second kappa shape index (κ2) is 7.03. The summed E-state index contributed by atoms with van der Waals surface area (Å²) in [5.74, 6) is -0.858. The van der Waals surface area contributed by atoms with E-state index in [1.807, 2.05) is 30.3 Å². The average molecular weight is 347 g/mol. The number of hydrogen-bond acceptors (Lipinski definition) is 1. The zero-order valence-electron chi connectivity index (χ0n) is 12.0. The first-order chi connectivity index (χ1) is 11.1. The van der Waals surface area contributed by atoms with Gasteiger partial charge in [-0.25, -0.2) is 4.39 Å². The molecule has 4 heteroatoms. The molecule has 0 amide bonds. The monoisotopic (exact) mass is 346 g/mol. The van der Waals surface area contributed by atoms with E-state index < -0.39 is 5.92 Å². The highest BCUT2D eigenvalue weighted by Gasteiger charge is 2.20. The molecule has 3 rings (SSSR count). The molecule has 1 atom stereocenters. The van der Waals surface area contributed by atoms with Gasteiger partial charge in [0.1, 0.15) is 5.83 Å². The molecule has 0 radical (unpaired) electrons. The van der Waals surface area contributed by atoms with Crippen LogP contribution < -0.4 is 0 Å². The SMILES string of the molecule is F/C(=C\c1ccc(Cl)cc1Cl)C(c1ccccc1)c1ccoc1. The smallest absolute Gasteiger partial charge is 0.113 e. The first kappa shape index (κ1) is 15.9. The lowest BCUT2D eigenvalue weighted by atomic mass is 9.91. The summed E-state index contributed by atoms with van der Waals surface area (Å²) < 4.78 is 20.1. The van der Waals surface area contributed by atoms with E-state index in [0.29, 0.717) is 15.6 Å². The van der Waals surface area contributed by atoms with Crippen molar-refractivity contribution in [3.63, 3.8) is 0 Å². The predicted octanol–water partition coefficient (Wildman–Crippen LogP) is 6.73. The molecule has 3 aromatic rings. The molecule has 0 aliphatic rings. The van der Waals surface area contributed by atoms with Crippen LogP contribution in [0.5, 0.6) is 0 Å². The Hall–Kier alpha value is -2.03. The van der Waals surface area contributed by atoms with Crippen molar-refractivity contribution in [1.29, 1.82) is 0 Å². The first-order valence-electron chi connectivity index (χ1n) is 7.04. The summed E-state index contributed by atoms with van der Waals surface area (Å²) in [5, 5.41) is 0.925. The lowest BCUT2D eigenvalue weighted by molar-refractivity contribution is 0.552. The number of benzene rings is 2. The minimum absolute atomic E-state index is 0.318. The molecule has 1 aromatic heterocycles. The Morgan fingerprint density at radius 1 is 1.00 bits per heavy atom. The van der Waals surface area contributed by atoms with Crippen LogP contribution in [0.1, 0.15) is 22.6 Å². The average Bonchev–Trinajstić information content (AvgIpc) is 3.05. The molecule has 0 saturated heterocycles. The lowest BCUT2D eigenvalue weighted by Crippen LogP contribution is -2.00. The molecule has 0 aliphatic carbocycles. The van der Waals surface area contributed by atoms with E-state index in [2.05, 4.69) is 0 Å². The van der Waals surface area contributed by atoms with E-state index in [9.17, 15) is 0 Å². The number of halogens is 3. The number of allylic oxidation sites excluding steroid dienone is 1. The third-order valence-corrected chi connectivity index (χ3v) is 4.10. The van der Waals surface area contributed by atoms with Gasteiger partial charge >= 0.3 is 0 Å². The Kier molecular flexibility index (Phi) is 4.85. The molecule has 0 bridgehead atoms. The summed E-state index contributed by atoms with van der Waals surface area (Å²) in [7, 11) is 0. The highest BCUT2D eigenvalue weighted by molar-refractivity contribution is 6.35. The molecule has 1 nitrogen and oxygen atoms in total. The maximum atomic E-state index is 15.0. The number of hydrogen-bond donors (Lipinski definition) is 0. The van der Waals surface area contributed by atoms with Crippen molar-refractivity contribution in [3.8, 4) is 0 Å². The Morgan fingerprint density at radius 2 is 1.78 bits per heavy atom. The fourth-order valence-electron chi connectivity index (χ4n) is 2.45. The van der Waals surface area contributed by atoms with Crippen molar-refractivity contribution < 1.29 is 8.81 Å². The van der Waals surface area contributed by atoms with E-state index in [4.69, 9.17) is 27.6 Å². The van der Waals surface area contributed by atoms with Crippen molar-refractivity contribution in [3.05, 3.63) is 99.7 Å². The summed E-state index contributed by atoms with van der Waals surface area (Å²) >= 11 is 12.0. The third kappa shape index (κ3) is 3.66. The van der Waals surface area contributed by atoms with Crippen LogP contribution in [0, 0.1) is 0 Å². The number of rotatable bonds is 4. The van der Waals surface area contributed by atoms with E-state index in [1.165, 1.54) is 12.3 Å². The van der Waals surface area contributed by atoms with Crippen LogP contribution >= 0.6 is 23.2 Å². The fourth-order valence-corrected chi connectivity index (χ4v) is 2.91. The molecule has 1 unspecified atom stereocenters. The van der Waals surface area contributed by atoms with Gasteiger partial charge in [0.15, 0.2) is 0 Å². The van der Waals surface area contributed by atoms with Crippen LogP contribution in [-0.2, 0) is 0 Å². The highest BCUT2D eigenvalue weighted by atomic mass is 35.5. The molecule has 0 fully saturated rings. The molecule has 23 heavy (non-hydrogen) atoms. The summed E-state index contributed by atoms with van der Waals surface area (Å²) in [6.45, 7) is 0. The predicted molar refractivity (Wildman–Crippen MR) is 92.5 cm³/mol. The third-order valence-electron chi connectivity index (χ3n) is 3.54. The Morgan fingerprint density at radius 3 is 2.43 bits per heavy atom. The van der Waals surface area contributed by atoms with Gasteiger partial charge in [-0.1, -0.05) is 59.6 Å². The minimum atomic E-state index is -0.540. The van der Waals surface area contributed by atoms with Crippen molar-refractivity contribution >= 4 is 29.3 Å². The Bertz CT molecular complexity index is 811. The van der Waals surface area contributed by atoms with E-state index in [0.717, 1.165) is 11.1 Å². The Labute approximate surface area is 144 Å². The topological polar surface area (TPSA) is 13.1 Å². The summed E-state index contributed by atoms with van der Waals surface area (Å²) in [5.41, 5.74) is 2.17. The molecule has 0 N–H and O–H groups in total. The van der Waals surface area contributed by atoms with Gasteiger partial charge in [-0.05, 0) is 35.4 Å². The van der Waals surface area contributed by atoms with E-state index in [1.54, 1.807) is 30.5 Å². The lowest BCUT2D eigenvalue weighted by Gasteiger charge is -2.14. The summed E-state index contributed by atoms with van der Waals surface area (Å²) in [4.78, 5) is 0. The van der Waals surface area contributed by atoms with E-state index >= 15 is 4.39 Å². The zero-order valence-corrected chi connectivity index (χ0v) is 13.6. The maximum absolute atomic E-state index is 15.0. The van der Waals surface area contributed by atoms with Crippen molar-refractivity contribution in [2.45, 2.75) is 5.92 Å².